The monoisotopic (exact) mass is 483 g/mol. The summed E-state index contributed by atoms with van der Waals surface area (Å²) >= 11 is 6.12. The lowest BCUT2D eigenvalue weighted by Crippen LogP contribution is -2.33. The molecule has 0 saturated carbocycles. The Balaban J connectivity index is 1.73. The Bertz CT molecular complexity index is 1080. The van der Waals surface area contributed by atoms with Crippen molar-refractivity contribution < 1.29 is 27.5 Å². The Morgan fingerprint density at radius 2 is 1.97 bits per heavy atom. The third-order valence-corrected chi connectivity index (χ3v) is 5.56. The number of alkyl halides is 2. The number of nitrogens with zero attached hydrogens (tertiary/aromatic N) is 3. The van der Waals surface area contributed by atoms with Gasteiger partial charge in [0, 0.05) is 18.3 Å². The van der Waals surface area contributed by atoms with Gasteiger partial charge in [-0.05, 0) is 26.0 Å². The normalized spacial score (nSPS) is 15.8. The number of carbonyl (C=O) groups excluding carboxylic acids is 2. The second-order valence-corrected chi connectivity index (χ2v) is 7.79. The number of benzene rings is 1. The average molecular weight is 484 g/mol. The van der Waals surface area contributed by atoms with Crippen LogP contribution >= 0.6 is 11.6 Å². The van der Waals surface area contributed by atoms with Crippen LogP contribution in [0.15, 0.2) is 18.2 Å². The largest absolute Gasteiger partial charge is 0.491 e. The number of carbonyl (C=O) groups is 2. The lowest BCUT2D eigenvalue weighted by molar-refractivity contribution is -0.131. The van der Waals surface area contributed by atoms with Crippen molar-refractivity contribution in [3.8, 4) is 5.75 Å². The number of hydrogen-bond donors (Lipinski definition) is 2. The lowest BCUT2D eigenvalue weighted by atomic mass is 10.1. The van der Waals surface area contributed by atoms with E-state index in [4.69, 9.17) is 21.7 Å². The van der Waals surface area contributed by atoms with Gasteiger partial charge in [-0.25, -0.2) is 14.4 Å². The zero-order valence-electron chi connectivity index (χ0n) is 17.8. The van der Waals surface area contributed by atoms with Crippen LogP contribution in [0.5, 0.6) is 5.75 Å². The molecule has 2 N–H and O–H groups in total. The second kappa shape index (κ2) is 10.2. The van der Waals surface area contributed by atoms with Gasteiger partial charge >= 0.3 is 6.43 Å². The molecule has 0 radical (unpaired) electrons. The SMILES string of the molecule is Cc1nc(C2CN(C(=O)c3ccc(F)cc3OCCNC(=O)C(F)F)CC2=N)nc(C)c1Cl. The van der Waals surface area contributed by atoms with E-state index in [1.807, 2.05) is 5.32 Å². The molecule has 0 spiro atoms. The van der Waals surface area contributed by atoms with Gasteiger partial charge in [0.25, 0.3) is 11.8 Å². The Kier molecular flexibility index (Phi) is 7.52. The summed E-state index contributed by atoms with van der Waals surface area (Å²) < 4.78 is 43.6. The molecule has 2 amide bonds. The molecule has 1 saturated heterocycles. The first kappa shape index (κ1) is 24.4. The van der Waals surface area contributed by atoms with E-state index in [-0.39, 0.29) is 43.3 Å². The molecular formula is C21H21ClF3N5O3. The number of ether oxygens (including phenoxy) is 1. The van der Waals surface area contributed by atoms with Crippen LogP contribution in [0, 0.1) is 25.1 Å². The molecule has 1 aliphatic rings. The fourth-order valence-electron chi connectivity index (χ4n) is 3.36. The number of hydrogen-bond acceptors (Lipinski definition) is 6. The molecule has 33 heavy (non-hydrogen) atoms. The lowest BCUT2D eigenvalue weighted by Gasteiger charge is -2.18. The molecular weight excluding hydrogens is 463 g/mol. The van der Waals surface area contributed by atoms with E-state index in [1.54, 1.807) is 13.8 Å². The first-order valence-electron chi connectivity index (χ1n) is 9.94. The Hall–Kier alpha value is -3.21. The molecule has 1 aromatic carbocycles. The molecule has 0 bridgehead atoms. The molecule has 1 atom stereocenters. The Labute approximate surface area is 192 Å². The third-order valence-electron chi connectivity index (χ3n) is 5.01. The fourth-order valence-corrected chi connectivity index (χ4v) is 3.45. The third kappa shape index (κ3) is 5.59. The minimum Gasteiger partial charge on any atom is -0.491 e. The first-order valence-corrected chi connectivity index (χ1v) is 10.3. The maximum absolute atomic E-state index is 13.7. The predicted octanol–water partition coefficient (Wildman–Crippen LogP) is 2.91. The van der Waals surface area contributed by atoms with Crippen molar-refractivity contribution in [3.63, 3.8) is 0 Å². The van der Waals surface area contributed by atoms with Crippen LogP contribution in [0.2, 0.25) is 5.02 Å². The Morgan fingerprint density at radius 3 is 2.61 bits per heavy atom. The van der Waals surface area contributed by atoms with Crippen molar-refractivity contribution in [2.24, 2.45) is 0 Å². The number of aryl methyl sites for hydroxylation is 2. The highest BCUT2D eigenvalue weighted by molar-refractivity contribution is 6.31. The molecule has 8 nitrogen and oxygen atoms in total. The van der Waals surface area contributed by atoms with Crippen LogP contribution in [0.3, 0.4) is 0 Å². The molecule has 1 aromatic heterocycles. The van der Waals surface area contributed by atoms with Crippen molar-refractivity contribution in [1.29, 1.82) is 5.41 Å². The maximum Gasteiger partial charge on any atom is 0.315 e. The zero-order chi connectivity index (χ0) is 24.3. The number of amides is 2. The van der Waals surface area contributed by atoms with E-state index in [2.05, 4.69) is 9.97 Å². The van der Waals surface area contributed by atoms with Gasteiger partial charge in [-0.1, -0.05) is 11.6 Å². The second-order valence-electron chi connectivity index (χ2n) is 7.41. The van der Waals surface area contributed by atoms with Crippen molar-refractivity contribution >= 4 is 29.1 Å². The van der Waals surface area contributed by atoms with E-state index in [1.165, 1.54) is 11.0 Å². The highest BCUT2D eigenvalue weighted by Crippen LogP contribution is 2.28. The molecule has 12 heteroatoms. The van der Waals surface area contributed by atoms with Gasteiger partial charge in [-0.3, -0.25) is 9.59 Å². The molecule has 1 unspecified atom stereocenters. The van der Waals surface area contributed by atoms with Crippen LogP contribution in [0.4, 0.5) is 13.2 Å². The van der Waals surface area contributed by atoms with Crippen molar-refractivity contribution in [2.75, 3.05) is 26.2 Å². The number of nitrogens with one attached hydrogen (secondary N) is 2. The molecule has 1 aliphatic heterocycles. The van der Waals surface area contributed by atoms with Gasteiger partial charge in [0.1, 0.15) is 24.0 Å². The molecule has 1 fully saturated rings. The topological polar surface area (TPSA) is 108 Å². The maximum atomic E-state index is 13.7. The van der Waals surface area contributed by atoms with Crippen molar-refractivity contribution in [1.82, 2.24) is 20.2 Å². The molecule has 0 aliphatic carbocycles. The fraction of sp³-hybridized carbons (Fsp3) is 0.381. The van der Waals surface area contributed by atoms with E-state index < -0.39 is 30.0 Å². The van der Waals surface area contributed by atoms with Crippen LogP contribution in [-0.4, -0.2) is 65.1 Å². The van der Waals surface area contributed by atoms with Gasteiger partial charge in [0.2, 0.25) is 0 Å². The summed E-state index contributed by atoms with van der Waals surface area (Å²) in [6.45, 7) is 3.12. The summed E-state index contributed by atoms with van der Waals surface area (Å²) in [6, 6.07) is 3.33. The number of rotatable bonds is 7. The highest BCUT2D eigenvalue weighted by Gasteiger charge is 2.35. The van der Waals surface area contributed by atoms with Gasteiger partial charge in [0.05, 0.1) is 41.0 Å². The van der Waals surface area contributed by atoms with E-state index in [0.717, 1.165) is 12.1 Å². The Morgan fingerprint density at radius 1 is 1.30 bits per heavy atom. The number of halogens is 4. The minimum atomic E-state index is -3.16. The summed E-state index contributed by atoms with van der Waals surface area (Å²) in [4.78, 5) is 34.1. The summed E-state index contributed by atoms with van der Waals surface area (Å²) in [5.74, 6) is -2.85. The van der Waals surface area contributed by atoms with Gasteiger partial charge in [-0.2, -0.15) is 8.78 Å². The first-order chi connectivity index (χ1) is 15.6. The van der Waals surface area contributed by atoms with Crippen molar-refractivity contribution in [2.45, 2.75) is 26.2 Å². The predicted molar refractivity (Wildman–Crippen MR) is 114 cm³/mol. The van der Waals surface area contributed by atoms with Crippen LogP contribution < -0.4 is 10.1 Å². The zero-order valence-corrected chi connectivity index (χ0v) is 18.5. The summed E-state index contributed by atoms with van der Waals surface area (Å²) in [5, 5.41) is 10.7. The molecule has 176 valence electrons. The van der Waals surface area contributed by atoms with Crippen LogP contribution in [0.25, 0.3) is 0 Å². The van der Waals surface area contributed by atoms with Gasteiger partial charge in [-0.15, -0.1) is 0 Å². The summed E-state index contributed by atoms with van der Waals surface area (Å²) in [6.07, 6.45) is -3.16. The average Bonchev–Trinajstić information content (AvgIpc) is 3.15. The van der Waals surface area contributed by atoms with Crippen LogP contribution in [0.1, 0.15) is 33.5 Å². The quantitative estimate of drug-likeness (QED) is 0.589. The minimum absolute atomic E-state index is 0.0227. The molecule has 3 rings (SSSR count). The summed E-state index contributed by atoms with van der Waals surface area (Å²) in [7, 11) is 0. The number of likely N-dealkylation sites (tertiary alicyclic amines) is 1. The van der Waals surface area contributed by atoms with Gasteiger partial charge in [0.15, 0.2) is 0 Å². The molecule has 2 heterocycles. The van der Waals surface area contributed by atoms with Gasteiger partial charge < -0.3 is 20.4 Å². The van der Waals surface area contributed by atoms with E-state index >= 15 is 0 Å². The highest BCUT2D eigenvalue weighted by atomic mass is 35.5. The van der Waals surface area contributed by atoms with Crippen molar-refractivity contribution in [3.05, 3.63) is 51.8 Å². The molecule has 2 aromatic rings. The smallest absolute Gasteiger partial charge is 0.315 e. The van der Waals surface area contributed by atoms with E-state index in [0.29, 0.717) is 22.2 Å². The van der Waals surface area contributed by atoms with E-state index in [9.17, 15) is 22.8 Å². The summed E-state index contributed by atoms with van der Waals surface area (Å²) in [5.41, 5.74) is 1.42. The standard InChI is InChI=1S/C21H21ClF3N5O3/c1-10-17(22)11(2)29-19(28-10)14-8-30(9-15(14)26)21(32)13-4-3-12(23)7-16(13)33-6-5-27-20(31)18(24)25/h3-4,7,14,18,26H,5-6,8-9H2,1-2H3,(H,27,31). The number of aromatic nitrogens is 2. The van der Waals surface area contributed by atoms with Crippen LogP contribution in [-0.2, 0) is 4.79 Å².